The van der Waals surface area contributed by atoms with Gasteiger partial charge >= 0.3 is 0 Å². The van der Waals surface area contributed by atoms with Crippen LogP contribution in [0.15, 0.2) is 71.9 Å². The molecule has 2 aromatic heterocycles. The summed E-state index contributed by atoms with van der Waals surface area (Å²) in [5, 5.41) is 16.2. The molecule has 2 aromatic carbocycles. The number of thioether (sulfide) groups is 1. The lowest BCUT2D eigenvalue weighted by atomic mass is 10.1. The fraction of sp³-hybridized carbons (Fsp3) is 0.0952. The van der Waals surface area contributed by atoms with E-state index in [-0.39, 0.29) is 17.4 Å². The van der Waals surface area contributed by atoms with Gasteiger partial charge < -0.3 is 5.32 Å². The molecule has 0 aliphatic heterocycles. The van der Waals surface area contributed by atoms with Crippen LogP contribution in [0.4, 0.5) is 5.69 Å². The van der Waals surface area contributed by atoms with Crippen molar-refractivity contribution in [3.05, 3.63) is 72.3 Å². The second-order valence-electron chi connectivity index (χ2n) is 6.31. The second-order valence-corrected chi connectivity index (χ2v) is 7.25. The number of ketones is 1. The summed E-state index contributed by atoms with van der Waals surface area (Å²) in [5.41, 5.74) is 3.65. The zero-order chi connectivity index (χ0) is 20.2. The predicted molar refractivity (Wildman–Crippen MR) is 112 cm³/mol. The Balaban J connectivity index is 1.45. The fourth-order valence-electron chi connectivity index (χ4n) is 2.74. The van der Waals surface area contributed by atoms with Crippen molar-refractivity contribution in [2.75, 3.05) is 11.1 Å². The van der Waals surface area contributed by atoms with E-state index in [2.05, 4.69) is 20.6 Å². The highest BCUT2D eigenvalue weighted by Crippen LogP contribution is 2.21. The van der Waals surface area contributed by atoms with Gasteiger partial charge in [-0.05, 0) is 43.3 Å². The molecule has 4 rings (SSSR count). The molecule has 0 unspecified atom stereocenters. The Bertz CT molecular complexity index is 1170. The molecule has 4 aromatic rings. The van der Waals surface area contributed by atoms with Crippen molar-refractivity contribution in [3.63, 3.8) is 0 Å². The predicted octanol–water partition coefficient (Wildman–Crippen LogP) is 3.72. The van der Waals surface area contributed by atoms with Crippen LogP contribution < -0.4 is 5.32 Å². The van der Waals surface area contributed by atoms with Gasteiger partial charge in [0.1, 0.15) is 0 Å². The molecule has 8 heteroatoms. The number of fused-ring (bicyclic) bond motifs is 1. The average Bonchev–Trinajstić information content (AvgIpc) is 3.15. The maximum atomic E-state index is 12.3. The van der Waals surface area contributed by atoms with Crippen LogP contribution in [-0.4, -0.2) is 37.3 Å². The Kier molecular flexibility index (Phi) is 5.35. The third-order valence-corrected chi connectivity index (χ3v) is 5.13. The topological polar surface area (TPSA) is 89.2 Å². The number of benzene rings is 2. The Hall–Kier alpha value is -3.52. The molecule has 0 radical (unpaired) electrons. The number of hydrogen-bond acceptors (Lipinski definition) is 6. The molecule has 0 saturated heterocycles. The van der Waals surface area contributed by atoms with E-state index in [1.807, 2.05) is 42.5 Å². The van der Waals surface area contributed by atoms with E-state index in [1.54, 1.807) is 28.8 Å². The van der Waals surface area contributed by atoms with Crippen molar-refractivity contribution in [2.45, 2.75) is 12.1 Å². The lowest BCUT2D eigenvalue weighted by Crippen LogP contribution is -2.14. The number of nitrogens with one attached hydrogen (secondary N) is 1. The first-order chi connectivity index (χ1) is 14.1. The largest absolute Gasteiger partial charge is 0.325 e. The van der Waals surface area contributed by atoms with Crippen LogP contribution in [0.2, 0.25) is 0 Å². The zero-order valence-corrected chi connectivity index (χ0v) is 16.4. The van der Waals surface area contributed by atoms with Crippen molar-refractivity contribution >= 4 is 34.8 Å². The Morgan fingerprint density at radius 2 is 1.72 bits per heavy atom. The number of nitrogens with zero attached hydrogens (tertiary/aromatic N) is 4. The first kappa shape index (κ1) is 18.8. The van der Waals surface area contributed by atoms with Gasteiger partial charge in [0.15, 0.2) is 11.4 Å². The lowest BCUT2D eigenvalue weighted by Gasteiger charge is -2.05. The number of carbonyl (C=O) groups excluding carboxylic acids is 2. The standard InChI is InChI=1S/C21H17N5O2S/c1-14(27)15-7-9-17(10-8-15)22-20(28)13-29-21-24-23-19-12-11-18(25-26(19)21)16-5-3-2-4-6-16/h2-12H,13H2,1H3,(H,22,28). The van der Waals surface area contributed by atoms with Gasteiger partial charge in [-0.2, -0.15) is 9.61 Å². The first-order valence-electron chi connectivity index (χ1n) is 8.92. The van der Waals surface area contributed by atoms with E-state index >= 15 is 0 Å². The van der Waals surface area contributed by atoms with Crippen molar-refractivity contribution in [1.29, 1.82) is 0 Å². The Morgan fingerprint density at radius 3 is 2.45 bits per heavy atom. The summed E-state index contributed by atoms with van der Waals surface area (Å²) in [5.74, 6) is -0.0343. The van der Waals surface area contributed by atoms with Crippen molar-refractivity contribution < 1.29 is 9.59 Å². The molecule has 144 valence electrons. The number of amides is 1. The van der Waals surface area contributed by atoms with E-state index in [0.717, 1.165) is 11.3 Å². The molecule has 1 amide bonds. The molecule has 0 spiro atoms. The van der Waals surface area contributed by atoms with Crippen molar-refractivity contribution in [3.8, 4) is 11.3 Å². The third kappa shape index (κ3) is 4.33. The summed E-state index contributed by atoms with van der Waals surface area (Å²) in [7, 11) is 0. The van der Waals surface area contributed by atoms with Gasteiger partial charge in [0.2, 0.25) is 11.1 Å². The summed E-state index contributed by atoms with van der Waals surface area (Å²) in [6, 6.07) is 20.4. The molecule has 29 heavy (non-hydrogen) atoms. The van der Waals surface area contributed by atoms with Crippen LogP contribution in [0.5, 0.6) is 0 Å². The normalized spacial score (nSPS) is 10.8. The molecular formula is C21H17N5O2S. The molecule has 0 saturated carbocycles. The van der Waals surface area contributed by atoms with Gasteiger partial charge in [-0.1, -0.05) is 42.1 Å². The van der Waals surface area contributed by atoms with Crippen LogP contribution in [-0.2, 0) is 4.79 Å². The highest BCUT2D eigenvalue weighted by Gasteiger charge is 2.12. The molecule has 7 nitrogen and oxygen atoms in total. The van der Waals surface area contributed by atoms with Crippen LogP contribution >= 0.6 is 11.8 Å². The smallest absolute Gasteiger partial charge is 0.234 e. The summed E-state index contributed by atoms with van der Waals surface area (Å²) >= 11 is 1.26. The highest BCUT2D eigenvalue weighted by atomic mass is 32.2. The summed E-state index contributed by atoms with van der Waals surface area (Å²) in [6.07, 6.45) is 0. The molecule has 0 aliphatic carbocycles. The first-order valence-corrected chi connectivity index (χ1v) is 9.90. The minimum Gasteiger partial charge on any atom is -0.325 e. The molecular weight excluding hydrogens is 386 g/mol. The molecule has 2 heterocycles. The lowest BCUT2D eigenvalue weighted by molar-refractivity contribution is -0.113. The van der Waals surface area contributed by atoms with E-state index in [4.69, 9.17) is 0 Å². The third-order valence-electron chi connectivity index (χ3n) is 4.21. The van der Waals surface area contributed by atoms with Crippen LogP contribution in [0.3, 0.4) is 0 Å². The van der Waals surface area contributed by atoms with E-state index in [0.29, 0.717) is 22.1 Å². The monoisotopic (exact) mass is 403 g/mol. The van der Waals surface area contributed by atoms with E-state index < -0.39 is 0 Å². The van der Waals surface area contributed by atoms with Gasteiger partial charge in [-0.3, -0.25) is 9.59 Å². The fourth-order valence-corrected chi connectivity index (χ4v) is 3.43. The van der Waals surface area contributed by atoms with Gasteiger partial charge in [0.05, 0.1) is 11.4 Å². The zero-order valence-electron chi connectivity index (χ0n) is 15.6. The minimum atomic E-state index is -0.179. The number of aromatic nitrogens is 4. The maximum absolute atomic E-state index is 12.3. The van der Waals surface area contributed by atoms with E-state index in [1.165, 1.54) is 18.7 Å². The molecule has 1 N–H and O–H groups in total. The highest BCUT2D eigenvalue weighted by molar-refractivity contribution is 7.99. The summed E-state index contributed by atoms with van der Waals surface area (Å²) in [6.45, 7) is 1.50. The van der Waals surface area contributed by atoms with E-state index in [9.17, 15) is 9.59 Å². The number of carbonyl (C=O) groups is 2. The van der Waals surface area contributed by atoms with Gasteiger partial charge in [0.25, 0.3) is 0 Å². The Morgan fingerprint density at radius 1 is 0.966 bits per heavy atom. The SMILES string of the molecule is CC(=O)c1ccc(NC(=O)CSc2nnc3ccc(-c4ccccc4)nn23)cc1. The number of anilines is 1. The molecule has 0 atom stereocenters. The van der Waals surface area contributed by atoms with Gasteiger partial charge in [-0.15, -0.1) is 10.2 Å². The molecule has 0 fully saturated rings. The summed E-state index contributed by atoms with van der Waals surface area (Å²) < 4.78 is 1.64. The molecule has 0 bridgehead atoms. The molecule has 0 aliphatic rings. The Labute approximate surface area is 171 Å². The number of Topliss-reactive ketones (excluding diaryl/α,β-unsaturated/α-hetero) is 1. The maximum Gasteiger partial charge on any atom is 0.234 e. The van der Waals surface area contributed by atoms with Crippen molar-refractivity contribution in [1.82, 2.24) is 19.8 Å². The van der Waals surface area contributed by atoms with Gasteiger partial charge in [0, 0.05) is 16.8 Å². The number of rotatable bonds is 6. The quantitative estimate of drug-likeness (QED) is 0.390. The minimum absolute atomic E-state index is 0.0144. The van der Waals surface area contributed by atoms with Crippen LogP contribution in [0.25, 0.3) is 16.9 Å². The van der Waals surface area contributed by atoms with Gasteiger partial charge in [-0.25, -0.2) is 0 Å². The van der Waals surface area contributed by atoms with Crippen LogP contribution in [0, 0.1) is 0 Å². The average molecular weight is 403 g/mol. The number of hydrogen-bond donors (Lipinski definition) is 1. The summed E-state index contributed by atoms with van der Waals surface area (Å²) in [4.78, 5) is 23.6. The van der Waals surface area contributed by atoms with Crippen LogP contribution in [0.1, 0.15) is 17.3 Å². The van der Waals surface area contributed by atoms with Crippen molar-refractivity contribution in [2.24, 2.45) is 0 Å². The second kappa shape index (κ2) is 8.24.